The second kappa shape index (κ2) is 21.6. The Morgan fingerprint density at radius 2 is 0.902 bits per heavy atom. The summed E-state index contributed by atoms with van der Waals surface area (Å²) in [6, 6.07) is 0. The van der Waals surface area contributed by atoms with Crippen LogP contribution in [0.3, 0.4) is 0 Å². The minimum absolute atomic E-state index is 0.0279. The van der Waals surface area contributed by atoms with Gasteiger partial charge in [-0.15, -0.1) is 0 Å². The third-order valence-corrected chi connectivity index (χ3v) is 10.1. The molecular weight excluding hydrogens is 504 g/mol. The summed E-state index contributed by atoms with van der Waals surface area (Å²) in [4.78, 5) is 14.5. The van der Waals surface area contributed by atoms with E-state index in [1.165, 1.54) is 153 Å². The van der Waals surface area contributed by atoms with Gasteiger partial charge in [0.25, 0.3) is 0 Å². The molecule has 0 aliphatic heterocycles. The number of esters is 1. The van der Waals surface area contributed by atoms with E-state index in [-0.39, 0.29) is 12.1 Å². The Balaban J connectivity index is 1.94. The number of rotatable bonds is 8. The molecule has 0 heterocycles. The first-order valence-electron chi connectivity index (χ1n) is 18.3. The molecule has 0 aromatic heterocycles. The molecule has 3 aliphatic carbocycles. The highest BCUT2D eigenvalue weighted by molar-refractivity contribution is 5.90. The maximum atomic E-state index is 14.5. The summed E-state index contributed by atoms with van der Waals surface area (Å²) >= 11 is 0. The van der Waals surface area contributed by atoms with Gasteiger partial charge in [-0.2, -0.15) is 0 Å². The fourth-order valence-corrected chi connectivity index (χ4v) is 7.67. The molecule has 3 heteroatoms. The van der Waals surface area contributed by atoms with Crippen LogP contribution in [0.4, 0.5) is 0 Å². The number of ether oxygens (including phenoxy) is 2. The second-order valence-electron chi connectivity index (χ2n) is 14.0. The molecule has 0 N–H and O–H groups in total. The van der Waals surface area contributed by atoms with Gasteiger partial charge in [-0.05, 0) is 75.7 Å². The standard InChI is InChI=1S/C38H66O3/c1-32(2)30-40-31-36(33-24-18-12-6-3-7-13-19-25-33)37(34-26-20-14-8-4-9-15-21-27-34)38(39)41-35-28-22-16-10-5-11-17-23-29-35/h33-35H,1,3-31H2,2H3. The van der Waals surface area contributed by atoms with Crippen LogP contribution in [0.2, 0.25) is 0 Å². The van der Waals surface area contributed by atoms with Crippen molar-refractivity contribution in [2.45, 2.75) is 186 Å². The van der Waals surface area contributed by atoms with Gasteiger partial charge in [0.05, 0.1) is 13.2 Å². The summed E-state index contributed by atoms with van der Waals surface area (Å²) in [6.45, 7) is 7.29. The molecule has 0 atom stereocenters. The van der Waals surface area contributed by atoms with Crippen molar-refractivity contribution < 1.29 is 14.3 Å². The van der Waals surface area contributed by atoms with Crippen LogP contribution in [-0.4, -0.2) is 25.3 Å². The van der Waals surface area contributed by atoms with Gasteiger partial charge in [0.15, 0.2) is 0 Å². The van der Waals surface area contributed by atoms with Crippen molar-refractivity contribution in [1.82, 2.24) is 0 Å². The average molecular weight is 571 g/mol. The summed E-state index contributed by atoms with van der Waals surface area (Å²) in [7, 11) is 0. The molecule has 3 saturated carbocycles. The highest BCUT2D eigenvalue weighted by Gasteiger charge is 2.31. The minimum atomic E-state index is 0.0279. The number of carbonyl (C=O) groups excluding carboxylic acids is 1. The molecule has 0 aromatic carbocycles. The van der Waals surface area contributed by atoms with Crippen LogP contribution in [-0.2, 0) is 14.3 Å². The van der Waals surface area contributed by atoms with E-state index in [1.807, 2.05) is 6.92 Å². The van der Waals surface area contributed by atoms with Crippen molar-refractivity contribution in [3.8, 4) is 0 Å². The number of hydrogen-bond acceptors (Lipinski definition) is 3. The first-order chi connectivity index (χ1) is 20.1. The lowest BCUT2D eigenvalue weighted by molar-refractivity contribution is -0.146. The van der Waals surface area contributed by atoms with Gasteiger partial charge in [0.2, 0.25) is 0 Å². The predicted molar refractivity (Wildman–Crippen MR) is 174 cm³/mol. The van der Waals surface area contributed by atoms with Gasteiger partial charge >= 0.3 is 5.97 Å². The van der Waals surface area contributed by atoms with Crippen LogP contribution in [0, 0.1) is 11.8 Å². The maximum absolute atomic E-state index is 14.5. The minimum Gasteiger partial charge on any atom is -0.459 e. The van der Waals surface area contributed by atoms with Crippen molar-refractivity contribution >= 4 is 5.97 Å². The smallest absolute Gasteiger partial charge is 0.334 e. The molecule has 0 radical (unpaired) electrons. The summed E-state index contributed by atoms with van der Waals surface area (Å²) in [5.74, 6) is 0.791. The number of hydrogen-bond donors (Lipinski definition) is 0. The molecule has 3 rings (SSSR count). The van der Waals surface area contributed by atoms with Crippen LogP contribution in [0.15, 0.2) is 23.3 Å². The summed E-state index contributed by atoms with van der Waals surface area (Å²) in [6.07, 6.45) is 34.2. The van der Waals surface area contributed by atoms with E-state index in [0.717, 1.165) is 36.8 Å². The van der Waals surface area contributed by atoms with E-state index in [2.05, 4.69) is 6.58 Å². The van der Waals surface area contributed by atoms with Gasteiger partial charge in [0, 0.05) is 5.57 Å². The molecule has 3 fully saturated rings. The first-order valence-corrected chi connectivity index (χ1v) is 18.3. The van der Waals surface area contributed by atoms with Gasteiger partial charge in [-0.25, -0.2) is 4.79 Å². The topological polar surface area (TPSA) is 35.5 Å². The van der Waals surface area contributed by atoms with Crippen LogP contribution >= 0.6 is 0 Å². The van der Waals surface area contributed by atoms with E-state index in [0.29, 0.717) is 25.0 Å². The van der Waals surface area contributed by atoms with Gasteiger partial charge in [-0.3, -0.25) is 0 Å². The Hall–Kier alpha value is -1.09. The Morgan fingerprint density at radius 1 is 0.537 bits per heavy atom. The Labute approximate surface area is 254 Å². The molecule has 236 valence electrons. The molecular formula is C38H66O3. The van der Waals surface area contributed by atoms with Crippen molar-refractivity contribution in [2.24, 2.45) is 11.8 Å². The molecule has 3 aliphatic rings. The molecule has 0 bridgehead atoms. The molecule has 0 spiro atoms. The molecule has 3 nitrogen and oxygen atoms in total. The van der Waals surface area contributed by atoms with Gasteiger partial charge in [-0.1, -0.05) is 134 Å². The SMILES string of the molecule is C=C(C)COCC(=C(C(=O)OC1CCCCCCCCC1)C1CCCCCCCCC1)C1CCCCCCCCC1. The Kier molecular flexibility index (Phi) is 18.1. The normalized spacial score (nSPS) is 23.6. The van der Waals surface area contributed by atoms with Crippen molar-refractivity contribution in [3.05, 3.63) is 23.3 Å². The fourth-order valence-electron chi connectivity index (χ4n) is 7.67. The van der Waals surface area contributed by atoms with Crippen molar-refractivity contribution in [1.29, 1.82) is 0 Å². The van der Waals surface area contributed by atoms with Crippen molar-refractivity contribution in [2.75, 3.05) is 13.2 Å². The van der Waals surface area contributed by atoms with E-state index >= 15 is 0 Å². The average Bonchev–Trinajstić information content (AvgIpc) is 2.97. The zero-order chi connectivity index (χ0) is 29.0. The molecule has 41 heavy (non-hydrogen) atoms. The summed E-state index contributed by atoms with van der Waals surface area (Å²) in [5, 5.41) is 0. The summed E-state index contributed by atoms with van der Waals surface area (Å²) < 4.78 is 12.9. The van der Waals surface area contributed by atoms with E-state index in [1.54, 1.807) is 0 Å². The Morgan fingerprint density at radius 3 is 1.32 bits per heavy atom. The van der Waals surface area contributed by atoms with Crippen LogP contribution < -0.4 is 0 Å². The van der Waals surface area contributed by atoms with E-state index in [4.69, 9.17) is 9.47 Å². The lowest BCUT2D eigenvalue weighted by Gasteiger charge is -2.30. The predicted octanol–water partition coefficient (Wildman–Crippen LogP) is 11.6. The van der Waals surface area contributed by atoms with E-state index in [9.17, 15) is 4.79 Å². The van der Waals surface area contributed by atoms with Gasteiger partial charge in [0.1, 0.15) is 6.10 Å². The second-order valence-corrected chi connectivity index (χ2v) is 14.0. The molecule has 0 aromatic rings. The highest BCUT2D eigenvalue weighted by Crippen LogP contribution is 2.37. The molecule has 0 saturated heterocycles. The maximum Gasteiger partial charge on any atom is 0.334 e. The Bertz CT molecular complexity index is 723. The van der Waals surface area contributed by atoms with Crippen LogP contribution in [0.1, 0.15) is 180 Å². The third kappa shape index (κ3) is 14.3. The lowest BCUT2D eigenvalue weighted by atomic mass is 9.78. The lowest BCUT2D eigenvalue weighted by Crippen LogP contribution is -2.28. The quantitative estimate of drug-likeness (QED) is 0.165. The van der Waals surface area contributed by atoms with Crippen LogP contribution in [0.5, 0.6) is 0 Å². The highest BCUT2D eigenvalue weighted by atomic mass is 16.5. The van der Waals surface area contributed by atoms with Gasteiger partial charge < -0.3 is 9.47 Å². The van der Waals surface area contributed by atoms with Crippen LogP contribution in [0.25, 0.3) is 0 Å². The molecule has 0 unspecified atom stereocenters. The summed E-state index contributed by atoms with van der Waals surface area (Å²) in [5.41, 5.74) is 3.44. The zero-order valence-electron chi connectivity index (χ0n) is 27.2. The number of carbonyl (C=O) groups is 1. The zero-order valence-corrected chi connectivity index (χ0v) is 27.2. The third-order valence-electron chi connectivity index (χ3n) is 10.1. The largest absolute Gasteiger partial charge is 0.459 e. The fraction of sp³-hybridized carbons (Fsp3) is 0.868. The molecule has 0 amide bonds. The van der Waals surface area contributed by atoms with Crippen molar-refractivity contribution in [3.63, 3.8) is 0 Å². The first kappa shape index (κ1) is 34.4. The van der Waals surface area contributed by atoms with E-state index < -0.39 is 0 Å². The monoisotopic (exact) mass is 571 g/mol.